The molecule has 2 amide bonds. The monoisotopic (exact) mass is 315 g/mol. The quantitative estimate of drug-likeness (QED) is 0.895. The Hall–Kier alpha value is -1.28. The van der Waals surface area contributed by atoms with E-state index in [1.54, 1.807) is 6.20 Å². The number of hydrogen-bond donors (Lipinski definition) is 2. The van der Waals surface area contributed by atoms with E-state index in [1.807, 2.05) is 20.8 Å². The maximum Gasteiger partial charge on any atom is 0.327 e. The fourth-order valence-electron chi connectivity index (χ4n) is 2.06. The molecule has 1 saturated heterocycles. The normalized spacial score (nSPS) is 22.3. The molecule has 2 unspecified atom stereocenters. The molecule has 6 nitrogen and oxygen atoms in total. The third-order valence-electron chi connectivity index (χ3n) is 2.96. The van der Waals surface area contributed by atoms with E-state index in [4.69, 9.17) is 0 Å². The molecule has 2 atom stereocenters. The summed E-state index contributed by atoms with van der Waals surface area (Å²) in [4.78, 5) is 30.1. The molecular formula is C12H17N3O3S2. The number of hydrogen-bond acceptors (Lipinski definition) is 5. The van der Waals surface area contributed by atoms with E-state index in [0.717, 1.165) is 4.88 Å². The lowest BCUT2D eigenvalue weighted by Gasteiger charge is -2.29. The van der Waals surface area contributed by atoms with E-state index in [-0.39, 0.29) is 11.3 Å². The van der Waals surface area contributed by atoms with Crippen molar-refractivity contribution >= 4 is 40.2 Å². The smallest absolute Gasteiger partial charge is 0.327 e. The number of carboxylic acid groups (broad SMARTS) is 1. The van der Waals surface area contributed by atoms with E-state index in [1.165, 1.54) is 28.0 Å². The Bertz CT molecular complexity index is 518. The van der Waals surface area contributed by atoms with Gasteiger partial charge in [-0.1, -0.05) is 13.8 Å². The molecule has 0 radical (unpaired) electrons. The second-order valence-corrected chi connectivity index (χ2v) is 7.32. The standard InChI is InChI=1S/C12H17N3O3S2/c1-6(2)9-15(8(5-19-9)10(16)17)12(18)14-11-13-4-7(3)20-11/h4,6,8-9H,5H2,1-3H3,(H,16,17)(H,13,14,18). The summed E-state index contributed by atoms with van der Waals surface area (Å²) in [6.07, 6.45) is 1.67. The number of urea groups is 1. The number of rotatable bonds is 3. The first-order valence-corrected chi connectivity index (χ1v) is 8.13. The summed E-state index contributed by atoms with van der Waals surface area (Å²) in [7, 11) is 0. The molecule has 1 fully saturated rings. The van der Waals surface area contributed by atoms with Crippen LogP contribution < -0.4 is 5.32 Å². The van der Waals surface area contributed by atoms with Gasteiger partial charge in [0.15, 0.2) is 5.13 Å². The van der Waals surface area contributed by atoms with Crippen LogP contribution >= 0.6 is 23.1 Å². The molecule has 8 heteroatoms. The van der Waals surface area contributed by atoms with Gasteiger partial charge in [0.25, 0.3) is 0 Å². The van der Waals surface area contributed by atoms with Crippen molar-refractivity contribution in [1.29, 1.82) is 0 Å². The molecular weight excluding hydrogens is 298 g/mol. The predicted molar refractivity (Wildman–Crippen MR) is 80.2 cm³/mol. The number of aryl methyl sites for hydroxylation is 1. The van der Waals surface area contributed by atoms with Crippen LogP contribution in [0, 0.1) is 12.8 Å². The van der Waals surface area contributed by atoms with Crippen molar-refractivity contribution in [1.82, 2.24) is 9.88 Å². The van der Waals surface area contributed by atoms with Crippen molar-refractivity contribution < 1.29 is 14.7 Å². The fraction of sp³-hybridized carbons (Fsp3) is 0.583. The lowest BCUT2D eigenvalue weighted by Crippen LogP contribution is -2.49. The minimum absolute atomic E-state index is 0.128. The van der Waals surface area contributed by atoms with Gasteiger partial charge in [0.2, 0.25) is 0 Å². The maximum atomic E-state index is 12.4. The predicted octanol–water partition coefficient (Wildman–Crippen LogP) is 2.47. The Labute approximate surface area is 125 Å². The first-order chi connectivity index (χ1) is 9.40. The Morgan fingerprint density at radius 3 is 2.75 bits per heavy atom. The highest BCUT2D eigenvalue weighted by Crippen LogP contribution is 2.34. The first kappa shape index (κ1) is 15.1. The number of aromatic nitrogens is 1. The number of nitrogens with one attached hydrogen (secondary N) is 1. The van der Waals surface area contributed by atoms with Crippen molar-refractivity contribution in [2.75, 3.05) is 11.1 Å². The van der Waals surface area contributed by atoms with Gasteiger partial charge in [-0.3, -0.25) is 10.2 Å². The van der Waals surface area contributed by atoms with Crippen molar-refractivity contribution in [2.45, 2.75) is 32.2 Å². The molecule has 1 aliphatic heterocycles. The van der Waals surface area contributed by atoms with Gasteiger partial charge in [0.1, 0.15) is 6.04 Å². The number of anilines is 1. The number of nitrogens with zero attached hydrogens (tertiary/aromatic N) is 2. The number of thiazole rings is 1. The van der Waals surface area contributed by atoms with Gasteiger partial charge in [-0.2, -0.15) is 0 Å². The first-order valence-electron chi connectivity index (χ1n) is 6.26. The van der Waals surface area contributed by atoms with Crippen LogP contribution in [0.4, 0.5) is 9.93 Å². The number of carboxylic acids is 1. The topological polar surface area (TPSA) is 82.5 Å². The highest BCUT2D eigenvalue weighted by molar-refractivity contribution is 8.00. The second-order valence-electron chi connectivity index (χ2n) is 4.94. The summed E-state index contributed by atoms with van der Waals surface area (Å²) in [6, 6.07) is -1.18. The molecule has 2 heterocycles. The minimum atomic E-state index is -0.967. The summed E-state index contributed by atoms with van der Waals surface area (Å²) in [5, 5.41) is 12.3. The highest BCUT2D eigenvalue weighted by atomic mass is 32.2. The third kappa shape index (κ3) is 3.06. The molecule has 110 valence electrons. The molecule has 1 aromatic heterocycles. The maximum absolute atomic E-state index is 12.4. The van der Waals surface area contributed by atoms with Gasteiger partial charge in [-0.15, -0.1) is 23.1 Å². The van der Waals surface area contributed by atoms with Crippen molar-refractivity contribution in [2.24, 2.45) is 5.92 Å². The summed E-state index contributed by atoms with van der Waals surface area (Å²) in [5.41, 5.74) is 0. The minimum Gasteiger partial charge on any atom is -0.480 e. The Morgan fingerprint density at radius 2 is 2.25 bits per heavy atom. The summed E-state index contributed by atoms with van der Waals surface area (Å²) in [5.74, 6) is -0.359. The summed E-state index contributed by atoms with van der Waals surface area (Å²) in [6.45, 7) is 5.86. The van der Waals surface area contributed by atoms with Gasteiger partial charge in [0.05, 0.1) is 5.37 Å². The summed E-state index contributed by atoms with van der Waals surface area (Å²) >= 11 is 2.88. The average molecular weight is 315 g/mol. The Balaban J connectivity index is 2.16. The van der Waals surface area contributed by atoms with Gasteiger partial charge < -0.3 is 5.11 Å². The molecule has 1 aliphatic rings. The van der Waals surface area contributed by atoms with Crippen LogP contribution in [0.2, 0.25) is 0 Å². The van der Waals surface area contributed by atoms with E-state index in [0.29, 0.717) is 10.9 Å². The van der Waals surface area contributed by atoms with Crippen LogP contribution in [0.3, 0.4) is 0 Å². The van der Waals surface area contributed by atoms with E-state index in [2.05, 4.69) is 10.3 Å². The van der Waals surface area contributed by atoms with Crippen LogP contribution in [0.25, 0.3) is 0 Å². The van der Waals surface area contributed by atoms with Gasteiger partial charge in [-0.25, -0.2) is 14.6 Å². The zero-order chi connectivity index (χ0) is 14.9. The van der Waals surface area contributed by atoms with Crippen LogP contribution in [0.5, 0.6) is 0 Å². The lowest BCUT2D eigenvalue weighted by atomic mass is 10.2. The fourth-order valence-corrected chi connectivity index (χ4v) is 4.18. The van der Waals surface area contributed by atoms with Gasteiger partial charge in [-0.05, 0) is 12.8 Å². The van der Waals surface area contributed by atoms with E-state index < -0.39 is 18.0 Å². The zero-order valence-electron chi connectivity index (χ0n) is 11.5. The number of carbonyl (C=O) groups is 2. The van der Waals surface area contributed by atoms with E-state index >= 15 is 0 Å². The van der Waals surface area contributed by atoms with Gasteiger partial charge >= 0.3 is 12.0 Å². The molecule has 0 spiro atoms. The Morgan fingerprint density at radius 1 is 1.55 bits per heavy atom. The molecule has 0 saturated carbocycles. The van der Waals surface area contributed by atoms with Crippen molar-refractivity contribution in [3.8, 4) is 0 Å². The number of carbonyl (C=O) groups excluding carboxylic acids is 1. The molecule has 0 aliphatic carbocycles. The molecule has 1 aromatic rings. The SMILES string of the molecule is Cc1cnc(NC(=O)N2C(C(=O)O)CSC2C(C)C)s1. The van der Waals surface area contributed by atoms with Crippen LogP contribution in [-0.4, -0.2) is 44.2 Å². The van der Waals surface area contributed by atoms with Crippen molar-refractivity contribution in [3.63, 3.8) is 0 Å². The molecule has 0 bridgehead atoms. The number of aliphatic carboxylic acids is 1. The van der Waals surface area contributed by atoms with E-state index in [9.17, 15) is 14.7 Å². The second kappa shape index (κ2) is 6.01. The largest absolute Gasteiger partial charge is 0.480 e. The average Bonchev–Trinajstić information content (AvgIpc) is 2.95. The van der Waals surface area contributed by atoms with Crippen LogP contribution in [-0.2, 0) is 4.79 Å². The van der Waals surface area contributed by atoms with Crippen LogP contribution in [0.15, 0.2) is 6.20 Å². The molecule has 20 heavy (non-hydrogen) atoms. The molecule has 2 N–H and O–H groups in total. The third-order valence-corrected chi connectivity index (χ3v) is 5.41. The Kier molecular flexibility index (Phi) is 4.54. The van der Waals surface area contributed by atoms with Crippen LogP contribution in [0.1, 0.15) is 18.7 Å². The highest BCUT2D eigenvalue weighted by Gasteiger charge is 2.43. The summed E-state index contributed by atoms with van der Waals surface area (Å²) < 4.78 is 0. The van der Waals surface area contributed by atoms with Gasteiger partial charge in [0, 0.05) is 16.8 Å². The number of thioether (sulfide) groups is 1. The van der Waals surface area contributed by atoms with Crippen molar-refractivity contribution in [3.05, 3.63) is 11.1 Å². The molecule has 2 rings (SSSR count). The molecule has 0 aromatic carbocycles. The zero-order valence-corrected chi connectivity index (χ0v) is 13.1. The number of amides is 2. The lowest BCUT2D eigenvalue weighted by molar-refractivity contribution is -0.141.